The maximum Gasteiger partial charge on any atom is 0.136 e. The zero-order chi connectivity index (χ0) is 33.5. The fraction of sp³-hybridized carbons (Fsp3) is 0.0833. The molecular weight excluding hydrogens is 621 g/mol. The Labute approximate surface area is 295 Å². The predicted molar refractivity (Wildman–Crippen MR) is 215 cm³/mol. The van der Waals surface area contributed by atoms with Gasteiger partial charge in [-0.15, -0.1) is 0 Å². The van der Waals surface area contributed by atoms with Gasteiger partial charge < -0.3 is 13.6 Å². The number of nitrogens with zero attached hydrogens (tertiary/aromatic N) is 2. The van der Waals surface area contributed by atoms with Gasteiger partial charge in [-0.25, -0.2) is 0 Å². The molecule has 9 aromatic rings. The Morgan fingerprint density at radius 1 is 0.490 bits per heavy atom. The van der Waals surface area contributed by atoms with Gasteiger partial charge in [0.2, 0.25) is 0 Å². The van der Waals surface area contributed by atoms with E-state index >= 15 is 0 Å². The van der Waals surface area contributed by atoms with Gasteiger partial charge in [-0.1, -0.05) is 103 Å². The molecule has 3 heteroatoms. The van der Waals surface area contributed by atoms with Gasteiger partial charge in [-0.05, 0) is 102 Å². The molecule has 3 nitrogen and oxygen atoms in total. The zero-order valence-electron chi connectivity index (χ0n) is 28.1. The summed E-state index contributed by atoms with van der Waals surface area (Å²) in [4.78, 5) is 0. The minimum Gasteiger partial charge on any atom is -0.456 e. The van der Waals surface area contributed by atoms with Crippen LogP contribution in [0.25, 0.3) is 87.9 Å². The van der Waals surface area contributed by atoms with Gasteiger partial charge in [0.1, 0.15) is 11.2 Å². The summed E-state index contributed by atoms with van der Waals surface area (Å²) < 4.78 is 11.2. The van der Waals surface area contributed by atoms with Gasteiger partial charge >= 0.3 is 0 Å². The molecule has 0 saturated heterocycles. The summed E-state index contributed by atoms with van der Waals surface area (Å²) in [5.74, 6) is 0. The maximum atomic E-state index is 6.21. The van der Waals surface area contributed by atoms with Crippen LogP contribution in [0.15, 0.2) is 168 Å². The number of furan rings is 1. The quantitative estimate of drug-likeness (QED) is 0.185. The number of allylic oxidation sites excluding steroid dienone is 8. The molecule has 0 amide bonds. The van der Waals surface area contributed by atoms with E-state index in [0.717, 1.165) is 30.4 Å². The highest BCUT2D eigenvalue weighted by molar-refractivity contribution is 6.13. The van der Waals surface area contributed by atoms with E-state index in [0.29, 0.717) is 0 Å². The molecule has 0 spiro atoms. The molecular formula is C48H34N2O. The van der Waals surface area contributed by atoms with Crippen LogP contribution in [0.5, 0.6) is 0 Å². The number of aromatic nitrogens is 2. The van der Waals surface area contributed by atoms with Crippen LogP contribution >= 0.6 is 0 Å². The highest BCUT2D eigenvalue weighted by Crippen LogP contribution is 2.40. The Kier molecular flexibility index (Phi) is 6.20. The highest BCUT2D eigenvalue weighted by Gasteiger charge is 2.20. The molecule has 0 bridgehead atoms. The second-order valence-electron chi connectivity index (χ2n) is 13.9. The van der Waals surface area contributed by atoms with Gasteiger partial charge in [0.25, 0.3) is 0 Å². The number of benzene rings is 6. The lowest BCUT2D eigenvalue weighted by Gasteiger charge is -2.21. The van der Waals surface area contributed by atoms with Crippen molar-refractivity contribution in [3.05, 3.63) is 169 Å². The second kappa shape index (κ2) is 11.1. The fourth-order valence-electron chi connectivity index (χ4n) is 8.66. The van der Waals surface area contributed by atoms with Crippen LogP contribution in [0, 0.1) is 0 Å². The van der Waals surface area contributed by atoms with Gasteiger partial charge in [-0.3, -0.25) is 0 Å². The number of hydrogen-bond donors (Lipinski definition) is 0. The number of rotatable bonds is 4. The molecule has 0 N–H and O–H groups in total. The molecule has 3 aromatic heterocycles. The van der Waals surface area contributed by atoms with E-state index in [1.165, 1.54) is 82.3 Å². The molecule has 0 aliphatic heterocycles. The Morgan fingerprint density at radius 3 is 1.92 bits per heavy atom. The normalized spacial score (nSPS) is 16.3. The van der Waals surface area contributed by atoms with E-state index in [-0.39, 0.29) is 6.04 Å². The van der Waals surface area contributed by atoms with E-state index in [9.17, 15) is 0 Å². The van der Waals surface area contributed by atoms with E-state index in [4.69, 9.17) is 4.42 Å². The minimum absolute atomic E-state index is 0.225. The smallest absolute Gasteiger partial charge is 0.136 e. The Morgan fingerprint density at radius 2 is 1.14 bits per heavy atom. The van der Waals surface area contributed by atoms with Gasteiger partial charge in [0.15, 0.2) is 0 Å². The standard InChI is InChI=1S/C48H34N2O/c1-2-10-35(11-3-1)49-43-15-7-4-12-37(43)41-28-32(21-26-45(41)49)33-22-27-46-42(29-33)38-13-5-8-16-44(38)50(46)36-23-18-31(19-24-36)34-20-25-40-39-14-6-9-17-47(39)51-48(40)30-34/h2,4-23,25-30,36H,1,3,24H2. The van der Waals surface area contributed by atoms with Crippen LogP contribution in [0.4, 0.5) is 0 Å². The summed E-state index contributed by atoms with van der Waals surface area (Å²) in [6.45, 7) is 0. The highest BCUT2D eigenvalue weighted by atomic mass is 16.3. The third-order valence-corrected chi connectivity index (χ3v) is 11.1. The summed E-state index contributed by atoms with van der Waals surface area (Å²) in [5.41, 5.74) is 13.1. The van der Waals surface area contributed by atoms with E-state index in [2.05, 4.69) is 161 Å². The molecule has 242 valence electrons. The fourth-order valence-corrected chi connectivity index (χ4v) is 8.66. The van der Waals surface area contributed by atoms with Crippen LogP contribution in [-0.4, -0.2) is 9.13 Å². The van der Waals surface area contributed by atoms with Crippen molar-refractivity contribution >= 4 is 76.8 Å². The van der Waals surface area contributed by atoms with Crippen molar-refractivity contribution in [3.63, 3.8) is 0 Å². The monoisotopic (exact) mass is 654 g/mol. The summed E-state index contributed by atoms with van der Waals surface area (Å²) in [7, 11) is 0. The van der Waals surface area contributed by atoms with Crippen LogP contribution in [0.2, 0.25) is 0 Å². The average Bonchev–Trinajstić information content (AvgIpc) is 3.85. The molecule has 0 fully saturated rings. The molecule has 2 aliphatic carbocycles. The molecule has 1 unspecified atom stereocenters. The lowest BCUT2D eigenvalue weighted by atomic mass is 9.96. The first-order valence-electron chi connectivity index (χ1n) is 18.0. The van der Waals surface area contributed by atoms with Gasteiger partial charge in [0, 0.05) is 49.0 Å². The topological polar surface area (TPSA) is 23.0 Å². The van der Waals surface area contributed by atoms with E-state index < -0.39 is 0 Å². The van der Waals surface area contributed by atoms with Crippen molar-refractivity contribution in [1.82, 2.24) is 9.13 Å². The van der Waals surface area contributed by atoms with Crippen molar-refractivity contribution < 1.29 is 4.42 Å². The number of para-hydroxylation sites is 3. The first-order chi connectivity index (χ1) is 25.3. The van der Waals surface area contributed by atoms with Crippen molar-refractivity contribution in [2.75, 3.05) is 0 Å². The summed E-state index contributed by atoms with van der Waals surface area (Å²) in [6.07, 6.45) is 17.1. The molecule has 3 heterocycles. The summed E-state index contributed by atoms with van der Waals surface area (Å²) in [6, 6.07) is 46.8. The molecule has 0 radical (unpaired) electrons. The third-order valence-electron chi connectivity index (χ3n) is 11.1. The Balaban J connectivity index is 0.974. The van der Waals surface area contributed by atoms with E-state index in [1.807, 2.05) is 12.1 Å². The van der Waals surface area contributed by atoms with Gasteiger partial charge in [-0.2, -0.15) is 0 Å². The summed E-state index contributed by atoms with van der Waals surface area (Å²) >= 11 is 0. The Bertz CT molecular complexity index is 3010. The van der Waals surface area contributed by atoms with Crippen molar-refractivity contribution in [2.24, 2.45) is 0 Å². The van der Waals surface area contributed by atoms with Crippen molar-refractivity contribution in [3.8, 4) is 11.1 Å². The number of fused-ring (bicyclic) bond motifs is 9. The van der Waals surface area contributed by atoms with Crippen LogP contribution in [0.1, 0.15) is 30.9 Å². The van der Waals surface area contributed by atoms with Crippen LogP contribution in [0.3, 0.4) is 0 Å². The average molecular weight is 655 g/mol. The van der Waals surface area contributed by atoms with Crippen molar-refractivity contribution in [2.45, 2.75) is 25.3 Å². The number of hydrogen-bond acceptors (Lipinski definition) is 1. The third kappa shape index (κ3) is 4.38. The summed E-state index contributed by atoms with van der Waals surface area (Å²) in [5, 5.41) is 7.50. The minimum atomic E-state index is 0.225. The second-order valence-corrected chi connectivity index (χ2v) is 13.9. The maximum absolute atomic E-state index is 6.21. The van der Waals surface area contributed by atoms with Gasteiger partial charge in [0.05, 0.1) is 17.1 Å². The molecule has 1 atom stereocenters. The molecule has 6 aromatic carbocycles. The largest absolute Gasteiger partial charge is 0.456 e. The molecule has 2 aliphatic rings. The van der Waals surface area contributed by atoms with Crippen LogP contribution < -0.4 is 0 Å². The SMILES string of the molecule is C1=CC(n2c3ccccc3c3cc(-c4ccc5c(c4)c4ccccc4n5C4C=CC(c5ccc6c(c5)oc5ccccc56)=CC4)ccc32)=CCC1. The zero-order valence-corrected chi connectivity index (χ0v) is 28.1. The predicted octanol–water partition coefficient (Wildman–Crippen LogP) is 13.2. The van der Waals surface area contributed by atoms with Crippen LogP contribution in [-0.2, 0) is 0 Å². The first kappa shape index (κ1) is 28.5. The molecule has 0 saturated carbocycles. The molecule has 51 heavy (non-hydrogen) atoms. The molecule has 11 rings (SSSR count). The first-order valence-corrected chi connectivity index (χ1v) is 18.0. The van der Waals surface area contributed by atoms with Crippen molar-refractivity contribution in [1.29, 1.82) is 0 Å². The lowest BCUT2D eigenvalue weighted by Crippen LogP contribution is -2.08. The Hall–Kier alpha value is -6.32. The lowest BCUT2D eigenvalue weighted by molar-refractivity contribution is 0.649. The van der Waals surface area contributed by atoms with E-state index in [1.54, 1.807) is 0 Å².